The van der Waals surface area contributed by atoms with Crippen molar-refractivity contribution in [3.63, 3.8) is 0 Å². The van der Waals surface area contributed by atoms with Gasteiger partial charge in [-0.25, -0.2) is 4.98 Å². The van der Waals surface area contributed by atoms with E-state index >= 15 is 0 Å². The van der Waals surface area contributed by atoms with Crippen LogP contribution in [0.1, 0.15) is 84.3 Å². The van der Waals surface area contributed by atoms with Crippen molar-refractivity contribution < 1.29 is 24.5 Å². The van der Waals surface area contributed by atoms with Gasteiger partial charge in [0.25, 0.3) is 0 Å². The number of aliphatic hydroxyl groups is 2. The average molecular weight is 507 g/mol. The van der Waals surface area contributed by atoms with Gasteiger partial charge in [0, 0.05) is 17.7 Å². The van der Waals surface area contributed by atoms with Crippen molar-refractivity contribution >= 4 is 29.1 Å². The second kappa shape index (κ2) is 10.8. The predicted molar refractivity (Wildman–Crippen MR) is 138 cm³/mol. The van der Waals surface area contributed by atoms with Crippen molar-refractivity contribution in [3.8, 4) is 0 Å². The van der Waals surface area contributed by atoms with Gasteiger partial charge in [-0.05, 0) is 51.2 Å². The molecule has 1 aromatic rings. The van der Waals surface area contributed by atoms with Crippen LogP contribution in [0.25, 0.3) is 6.08 Å². The number of aromatic nitrogens is 1. The Labute approximate surface area is 213 Å². The molecule has 3 rings (SSSR count). The number of ether oxygens (including phenoxy) is 1. The Bertz CT molecular complexity index is 957. The largest absolute Gasteiger partial charge is 0.392 e. The molecule has 0 aromatic carbocycles. The molecule has 8 heteroatoms. The number of fused-ring (bicyclic) bond motifs is 1. The Kier molecular flexibility index (Phi) is 8.62. The summed E-state index contributed by atoms with van der Waals surface area (Å²) < 4.78 is 6.10. The van der Waals surface area contributed by atoms with Gasteiger partial charge in [0.15, 0.2) is 0 Å². The standard InChI is InChI=1S/C27H42N2O5S/c1-15-9-8-10-27(7)22(34-27)12-20(16(2)11-19-14-35-18(4)28-19)29-23(31)13-21(30)26(5,6)25(33)17(3)24(15)32/h11,14-15,17,20-22,24,30,32H,8-10,12-13H2,1-7H3,(H,29,31)/t15-,17?,20-,21?,22-,24-,27?/m0/s1. The molecule has 1 amide bonds. The number of thiazole rings is 1. The third kappa shape index (κ3) is 6.59. The van der Waals surface area contributed by atoms with Gasteiger partial charge in [-0.1, -0.05) is 34.1 Å². The Hall–Kier alpha value is -1.61. The summed E-state index contributed by atoms with van der Waals surface area (Å²) >= 11 is 1.58. The van der Waals surface area contributed by atoms with Crippen LogP contribution in [0.3, 0.4) is 0 Å². The van der Waals surface area contributed by atoms with Crippen molar-refractivity contribution in [2.45, 2.75) is 111 Å². The third-order valence-electron chi connectivity index (χ3n) is 8.07. The second-order valence-electron chi connectivity index (χ2n) is 11.4. The number of nitrogens with one attached hydrogen (secondary N) is 1. The molecule has 2 saturated heterocycles. The number of aryl methyl sites for hydroxylation is 1. The second-order valence-corrected chi connectivity index (χ2v) is 12.5. The highest BCUT2D eigenvalue weighted by molar-refractivity contribution is 7.09. The Morgan fingerprint density at radius 1 is 1.26 bits per heavy atom. The SMILES string of the molecule is CC(=Cc1csc(C)n1)[C@@H]1C[C@@H]2OC2(C)CCC[C@H](C)[C@H](O)C(C)C(=O)C(C)(C)C(O)CC(=O)N1. The molecule has 0 aliphatic carbocycles. The van der Waals surface area contributed by atoms with E-state index in [4.69, 9.17) is 4.74 Å². The first-order chi connectivity index (χ1) is 16.2. The van der Waals surface area contributed by atoms with Crippen LogP contribution in [0.4, 0.5) is 0 Å². The minimum atomic E-state index is -1.17. The van der Waals surface area contributed by atoms with Crippen molar-refractivity contribution in [2.75, 3.05) is 0 Å². The first kappa shape index (κ1) is 28.0. The van der Waals surface area contributed by atoms with E-state index in [0.29, 0.717) is 6.42 Å². The molecule has 35 heavy (non-hydrogen) atoms. The number of carbonyl (C=O) groups excluding carboxylic acids is 2. The third-order valence-corrected chi connectivity index (χ3v) is 8.86. The molecule has 196 valence electrons. The van der Waals surface area contributed by atoms with Crippen LogP contribution in [-0.4, -0.2) is 56.8 Å². The highest BCUT2D eigenvalue weighted by atomic mass is 32.1. The summed E-state index contributed by atoms with van der Waals surface area (Å²) in [7, 11) is 0. The number of aliphatic hydroxyl groups excluding tert-OH is 2. The first-order valence-corrected chi connectivity index (χ1v) is 13.6. The molecule has 2 fully saturated rings. The van der Waals surface area contributed by atoms with E-state index in [1.54, 1.807) is 32.1 Å². The number of hydrogen-bond acceptors (Lipinski definition) is 7. The Morgan fingerprint density at radius 2 is 1.94 bits per heavy atom. The zero-order chi connectivity index (χ0) is 26.1. The van der Waals surface area contributed by atoms with Gasteiger partial charge < -0.3 is 20.3 Å². The normalized spacial score (nSPS) is 37.5. The summed E-state index contributed by atoms with van der Waals surface area (Å²) in [6.45, 7) is 13.0. The fourth-order valence-corrected chi connectivity index (χ4v) is 5.76. The maximum Gasteiger partial charge on any atom is 0.223 e. The van der Waals surface area contributed by atoms with E-state index < -0.39 is 23.5 Å². The molecule has 3 heterocycles. The Morgan fingerprint density at radius 3 is 2.57 bits per heavy atom. The molecule has 0 radical (unpaired) electrons. The molecular formula is C27H42N2O5S. The molecule has 7 atom stereocenters. The van der Waals surface area contributed by atoms with E-state index in [0.717, 1.165) is 35.5 Å². The van der Waals surface area contributed by atoms with Crippen LogP contribution in [0, 0.1) is 24.2 Å². The predicted octanol–water partition coefficient (Wildman–Crippen LogP) is 4.05. The summed E-state index contributed by atoms with van der Waals surface area (Å²) in [6, 6.07) is -0.269. The first-order valence-electron chi connectivity index (χ1n) is 12.7. The number of hydrogen-bond donors (Lipinski definition) is 3. The monoisotopic (exact) mass is 506 g/mol. The number of epoxide rings is 1. The molecule has 3 unspecified atom stereocenters. The van der Waals surface area contributed by atoms with Crippen molar-refractivity contribution in [1.82, 2.24) is 10.3 Å². The van der Waals surface area contributed by atoms with Gasteiger partial charge in [-0.15, -0.1) is 11.3 Å². The van der Waals surface area contributed by atoms with Gasteiger partial charge >= 0.3 is 0 Å². The lowest BCUT2D eigenvalue weighted by Gasteiger charge is -2.34. The minimum absolute atomic E-state index is 0.0170. The maximum atomic E-state index is 13.2. The number of amides is 1. The Balaban J connectivity index is 1.85. The fourth-order valence-electron chi connectivity index (χ4n) is 5.19. The zero-order valence-electron chi connectivity index (χ0n) is 22.1. The van der Waals surface area contributed by atoms with E-state index in [-0.39, 0.29) is 41.8 Å². The van der Waals surface area contributed by atoms with Crippen LogP contribution in [0.5, 0.6) is 0 Å². The minimum Gasteiger partial charge on any atom is -0.392 e. The van der Waals surface area contributed by atoms with Gasteiger partial charge in [-0.2, -0.15) is 0 Å². The number of Topliss-reactive ketones (excluding diaryl/α,β-unsaturated/α-hetero) is 1. The summed E-state index contributed by atoms with van der Waals surface area (Å²) in [5.74, 6) is -1.24. The summed E-state index contributed by atoms with van der Waals surface area (Å²) in [5, 5.41) is 27.8. The smallest absolute Gasteiger partial charge is 0.223 e. The highest BCUT2D eigenvalue weighted by Crippen LogP contribution is 2.44. The van der Waals surface area contributed by atoms with E-state index in [9.17, 15) is 19.8 Å². The summed E-state index contributed by atoms with van der Waals surface area (Å²) in [4.78, 5) is 30.8. The molecule has 2 aliphatic heterocycles. The molecule has 0 bridgehead atoms. The van der Waals surface area contributed by atoms with Gasteiger partial charge in [-0.3, -0.25) is 9.59 Å². The van der Waals surface area contributed by atoms with Gasteiger partial charge in [0.05, 0.1) is 52.5 Å². The van der Waals surface area contributed by atoms with E-state index in [2.05, 4.69) is 17.2 Å². The van der Waals surface area contributed by atoms with Crippen molar-refractivity contribution in [1.29, 1.82) is 0 Å². The van der Waals surface area contributed by atoms with E-state index in [1.807, 2.05) is 32.2 Å². The van der Waals surface area contributed by atoms with Crippen LogP contribution < -0.4 is 5.32 Å². The average Bonchev–Trinajstić information content (AvgIpc) is 3.22. The van der Waals surface area contributed by atoms with Crippen molar-refractivity contribution in [2.24, 2.45) is 17.3 Å². The van der Waals surface area contributed by atoms with Crippen LogP contribution in [0.15, 0.2) is 11.0 Å². The highest BCUT2D eigenvalue weighted by Gasteiger charge is 2.52. The van der Waals surface area contributed by atoms with Crippen molar-refractivity contribution in [3.05, 3.63) is 21.7 Å². The molecule has 2 aliphatic rings. The lowest BCUT2D eigenvalue weighted by molar-refractivity contribution is -0.143. The zero-order valence-corrected chi connectivity index (χ0v) is 22.9. The molecule has 0 saturated carbocycles. The van der Waals surface area contributed by atoms with Crippen LogP contribution in [-0.2, 0) is 14.3 Å². The molecular weight excluding hydrogens is 464 g/mol. The lowest BCUT2D eigenvalue weighted by atomic mass is 9.72. The number of ketones is 1. The van der Waals surface area contributed by atoms with Gasteiger partial charge in [0.2, 0.25) is 5.91 Å². The number of rotatable bonds is 2. The molecule has 1 aromatic heterocycles. The van der Waals surface area contributed by atoms with E-state index in [1.165, 1.54) is 0 Å². The topological polar surface area (TPSA) is 112 Å². The van der Waals surface area contributed by atoms with Crippen LogP contribution in [0.2, 0.25) is 0 Å². The molecule has 7 nitrogen and oxygen atoms in total. The summed E-state index contributed by atoms with van der Waals surface area (Å²) in [5.41, 5.74) is 0.410. The quantitative estimate of drug-likeness (QED) is 0.522. The lowest BCUT2D eigenvalue weighted by Crippen LogP contribution is -2.47. The van der Waals surface area contributed by atoms with Crippen LogP contribution >= 0.6 is 11.3 Å². The maximum absolute atomic E-state index is 13.2. The molecule has 3 N–H and O–H groups in total. The summed E-state index contributed by atoms with van der Waals surface area (Å²) in [6.07, 6.45) is 2.99. The number of nitrogens with zero attached hydrogens (tertiary/aromatic N) is 1. The fraction of sp³-hybridized carbons (Fsp3) is 0.741. The van der Waals surface area contributed by atoms with Gasteiger partial charge in [0.1, 0.15) is 5.78 Å². The molecule has 0 spiro atoms. The number of carbonyl (C=O) groups is 2.